The number of hydrogen-bond acceptors (Lipinski definition) is 6. The van der Waals surface area contributed by atoms with Crippen LogP contribution < -0.4 is 15.8 Å². The summed E-state index contributed by atoms with van der Waals surface area (Å²) in [6.45, 7) is 2.14. The van der Waals surface area contributed by atoms with E-state index in [-0.39, 0.29) is 17.5 Å². The van der Waals surface area contributed by atoms with E-state index in [1.165, 1.54) is 13.5 Å². The van der Waals surface area contributed by atoms with E-state index in [0.29, 0.717) is 5.95 Å². The molecule has 1 saturated carbocycles. The van der Waals surface area contributed by atoms with Gasteiger partial charge in [0.15, 0.2) is 0 Å². The van der Waals surface area contributed by atoms with Crippen molar-refractivity contribution >= 4 is 11.9 Å². The highest BCUT2D eigenvalue weighted by Crippen LogP contribution is 2.33. The predicted molar refractivity (Wildman–Crippen MR) is 56.7 cm³/mol. The normalized spacial score (nSPS) is 18.0. The molecule has 1 aromatic rings. The van der Waals surface area contributed by atoms with Crippen LogP contribution in [0.15, 0.2) is 0 Å². The van der Waals surface area contributed by atoms with Crippen molar-refractivity contribution in [1.29, 1.82) is 0 Å². The Labute approximate surface area is 88.3 Å². The van der Waals surface area contributed by atoms with Gasteiger partial charge in [-0.2, -0.15) is 15.0 Å². The third-order valence-corrected chi connectivity index (χ3v) is 2.69. The Morgan fingerprint density at radius 2 is 2.07 bits per heavy atom. The first kappa shape index (κ1) is 9.95. The minimum Gasteiger partial charge on any atom is -0.467 e. The van der Waals surface area contributed by atoms with Gasteiger partial charge in [-0.15, -0.1) is 0 Å². The number of rotatable bonds is 3. The van der Waals surface area contributed by atoms with Crippen molar-refractivity contribution in [3.63, 3.8) is 0 Å². The summed E-state index contributed by atoms with van der Waals surface area (Å²) >= 11 is 0. The van der Waals surface area contributed by atoms with Crippen LogP contribution in [-0.2, 0) is 0 Å². The van der Waals surface area contributed by atoms with E-state index in [4.69, 9.17) is 10.5 Å². The summed E-state index contributed by atoms with van der Waals surface area (Å²) in [7, 11) is 1.50. The van der Waals surface area contributed by atoms with Crippen molar-refractivity contribution in [2.75, 3.05) is 18.2 Å². The predicted octanol–water partition coefficient (Wildman–Crippen LogP) is 0.817. The average Bonchev–Trinajstić information content (AvgIpc) is 2.14. The van der Waals surface area contributed by atoms with Crippen LogP contribution in [0.25, 0.3) is 0 Å². The average molecular weight is 209 g/mol. The number of anilines is 2. The van der Waals surface area contributed by atoms with Crippen molar-refractivity contribution in [1.82, 2.24) is 15.0 Å². The molecular weight excluding hydrogens is 194 g/mol. The molecule has 0 atom stereocenters. The van der Waals surface area contributed by atoms with E-state index in [1.54, 1.807) is 0 Å². The molecule has 0 radical (unpaired) electrons. The second-order valence-corrected chi connectivity index (χ2v) is 4.04. The maximum absolute atomic E-state index is 5.53. The minimum absolute atomic E-state index is 0.0960. The lowest BCUT2D eigenvalue weighted by Gasteiger charge is -2.39. The molecule has 1 heterocycles. The number of methoxy groups -OCH3 is 1. The summed E-state index contributed by atoms with van der Waals surface area (Å²) < 4.78 is 4.92. The standard InChI is InChI=1S/C9H15N5O/c1-9(4-3-5-9)14-7-11-6(10)12-8(13-7)15-2/h3-5H2,1-2H3,(H3,10,11,12,13,14). The molecule has 0 spiro atoms. The quantitative estimate of drug-likeness (QED) is 0.766. The molecule has 3 N–H and O–H groups in total. The van der Waals surface area contributed by atoms with Gasteiger partial charge in [0.1, 0.15) is 0 Å². The van der Waals surface area contributed by atoms with Gasteiger partial charge in [-0.25, -0.2) is 0 Å². The van der Waals surface area contributed by atoms with Gasteiger partial charge in [-0.05, 0) is 26.2 Å². The summed E-state index contributed by atoms with van der Waals surface area (Å²) in [6.07, 6.45) is 3.49. The molecule has 1 aliphatic carbocycles. The number of nitrogens with one attached hydrogen (secondary N) is 1. The number of hydrogen-bond donors (Lipinski definition) is 2. The van der Waals surface area contributed by atoms with Gasteiger partial charge in [-0.1, -0.05) is 0 Å². The monoisotopic (exact) mass is 209 g/mol. The van der Waals surface area contributed by atoms with Crippen LogP contribution in [0.1, 0.15) is 26.2 Å². The molecule has 0 aromatic carbocycles. The molecule has 1 aliphatic rings. The van der Waals surface area contributed by atoms with Crippen LogP contribution in [0.2, 0.25) is 0 Å². The number of aromatic nitrogens is 3. The first-order valence-electron chi connectivity index (χ1n) is 4.95. The second kappa shape index (κ2) is 3.52. The highest BCUT2D eigenvalue weighted by molar-refractivity contribution is 5.36. The molecule has 82 valence electrons. The zero-order valence-corrected chi connectivity index (χ0v) is 8.95. The van der Waals surface area contributed by atoms with Crippen molar-refractivity contribution < 1.29 is 4.74 Å². The zero-order valence-electron chi connectivity index (χ0n) is 8.95. The number of nitrogen functional groups attached to an aromatic ring is 1. The molecule has 6 nitrogen and oxygen atoms in total. The highest BCUT2D eigenvalue weighted by Gasteiger charge is 2.32. The smallest absolute Gasteiger partial charge is 0.322 e. The summed E-state index contributed by atoms with van der Waals surface area (Å²) in [5, 5.41) is 3.25. The zero-order chi connectivity index (χ0) is 10.9. The fourth-order valence-corrected chi connectivity index (χ4v) is 1.62. The van der Waals surface area contributed by atoms with E-state index in [2.05, 4.69) is 27.2 Å². The lowest BCUT2D eigenvalue weighted by molar-refractivity contribution is 0.303. The Balaban J connectivity index is 2.16. The third kappa shape index (κ3) is 2.08. The molecule has 1 aromatic heterocycles. The van der Waals surface area contributed by atoms with Crippen molar-refractivity contribution in [3.05, 3.63) is 0 Å². The molecule has 0 saturated heterocycles. The van der Waals surface area contributed by atoms with Crippen LogP contribution in [-0.4, -0.2) is 27.6 Å². The Kier molecular flexibility index (Phi) is 2.34. The van der Waals surface area contributed by atoms with Crippen molar-refractivity contribution in [2.24, 2.45) is 0 Å². The van der Waals surface area contributed by atoms with Gasteiger partial charge < -0.3 is 15.8 Å². The minimum atomic E-state index is 0.0960. The summed E-state index contributed by atoms with van der Waals surface area (Å²) in [4.78, 5) is 11.9. The first-order valence-corrected chi connectivity index (χ1v) is 4.95. The lowest BCUT2D eigenvalue weighted by Crippen LogP contribution is -2.42. The molecule has 2 rings (SSSR count). The van der Waals surface area contributed by atoms with Gasteiger partial charge >= 0.3 is 6.01 Å². The fourth-order valence-electron chi connectivity index (χ4n) is 1.62. The van der Waals surface area contributed by atoms with Crippen LogP contribution >= 0.6 is 0 Å². The van der Waals surface area contributed by atoms with E-state index >= 15 is 0 Å². The van der Waals surface area contributed by atoms with E-state index < -0.39 is 0 Å². The molecule has 0 aliphatic heterocycles. The van der Waals surface area contributed by atoms with Crippen molar-refractivity contribution in [2.45, 2.75) is 31.7 Å². The SMILES string of the molecule is COc1nc(N)nc(NC2(C)CCC2)n1. The van der Waals surface area contributed by atoms with E-state index in [9.17, 15) is 0 Å². The Hall–Kier alpha value is -1.59. The second-order valence-electron chi connectivity index (χ2n) is 4.04. The fraction of sp³-hybridized carbons (Fsp3) is 0.667. The van der Waals surface area contributed by atoms with E-state index in [0.717, 1.165) is 12.8 Å². The maximum atomic E-state index is 5.53. The number of nitrogens with two attached hydrogens (primary N) is 1. The summed E-state index contributed by atoms with van der Waals surface area (Å²) in [6, 6.07) is 0.243. The van der Waals surface area contributed by atoms with Crippen LogP contribution in [0.5, 0.6) is 6.01 Å². The van der Waals surface area contributed by atoms with Gasteiger partial charge in [0, 0.05) is 5.54 Å². The third-order valence-electron chi connectivity index (χ3n) is 2.69. The Morgan fingerprint density at radius 1 is 1.33 bits per heavy atom. The molecule has 0 amide bonds. The van der Waals surface area contributed by atoms with Gasteiger partial charge in [0.05, 0.1) is 7.11 Å². The molecule has 6 heteroatoms. The van der Waals surface area contributed by atoms with Gasteiger partial charge in [-0.3, -0.25) is 0 Å². The number of nitrogens with zero attached hydrogens (tertiary/aromatic N) is 3. The first-order chi connectivity index (χ1) is 7.11. The van der Waals surface area contributed by atoms with Crippen molar-refractivity contribution in [3.8, 4) is 6.01 Å². The highest BCUT2D eigenvalue weighted by atomic mass is 16.5. The van der Waals surface area contributed by atoms with Gasteiger partial charge in [0.25, 0.3) is 0 Å². The van der Waals surface area contributed by atoms with Gasteiger partial charge in [0.2, 0.25) is 11.9 Å². The lowest BCUT2D eigenvalue weighted by atomic mass is 9.79. The topological polar surface area (TPSA) is 86.0 Å². The Morgan fingerprint density at radius 3 is 2.60 bits per heavy atom. The van der Waals surface area contributed by atoms with Crippen LogP contribution in [0, 0.1) is 0 Å². The largest absolute Gasteiger partial charge is 0.467 e. The summed E-state index contributed by atoms with van der Waals surface area (Å²) in [5.74, 6) is 0.661. The van der Waals surface area contributed by atoms with E-state index in [1.807, 2.05) is 0 Å². The maximum Gasteiger partial charge on any atom is 0.322 e. The Bertz CT molecular complexity index is 364. The molecular formula is C9H15N5O. The molecule has 0 unspecified atom stereocenters. The molecule has 15 heavy (non-hydrogen) atoms. The molecule has 0 bridgehead atoms. The van der Waals surface area contributed by atoms with Crippen LogP contribution in [0.3, 0.4) is 0 Å². The summed E-state index contributed by atoms with van der Waals surface area (Å²) in [5.41, 5.74) is 5.63. The van der Waals surface area contributed by atoms with Crippen LogP contribution in [0.4, 0.5) is 11.9 Å². The molecule has 1 fully saturated rings. The number of ether oxygens (including phenoxy) is 1.